The van der Waals surface area contributed by atoms with Crippen LogP contribution in [0.15, 0.2) is 36.3 Å². The van der Waals surface area contributed by atoms with E-state index in [0.29, 0.717) is 17.0 Å². The molecule has 0 amide bonds. The van der Waals surface area contributed by atoms with Crippen LogP contribution in [0.4, 0.5) is 11.6 Å². The molecule has 5 nitrogen and oxygen atoms in total. The molecule has 0 saturated heterocycles. The molecule has 1 aliphatic heterocycles. The molecule has 3 rings (SSSR count). The van der Waals surface area contributed by atoms with Crippen LogP contribution >= 0.6 is 23.4 Å². The Labute approximate surface area is 157 Å². The molecular formula is C18H22ClN5S. The summed E-state index contributed by atoms with van der Waals surface area (Å²) in [6.45, 7) is 7.79. The highest BCUT2D eigenvalue weighted by molar-refractivity contribution is 8.08. The first-order valence-electron chi connectivity index (χ1n) is 8.33. The molecule has 0 bridgehead atoms. The van der Waals surface area contributed by atoms with Crippen LogP contribution in [0.1, 0.15) is 32.9 Å². The Morgan fingerprint density at radius 2 is 2.12 bits per heavy atom. The van der Waals surface area contributed by atoms with Crippen molar-refractivity contribution in [1.29, 1.82) is 0 Å². The summed E-state index contributed by atoms with van der Waals surface area (Å²) in [4.78, 5) is 16.7. The van der Waals surface area contributed by atoms with Gasteiger partial charge in [0.2, 0.25) is 5.95 Å². The number of nitrogens with one attached hydrogen (secondary N) is 1. The first-order chi connectivity index (χ1) is 12.0. The maximum absolute atomic E-state index is 5.82. The fourth-order valence-corrected chi connectivity index (χ4v) is 3.84. The maximum atomic E-state index is 5.82. The van der Waals surface area contributed by atoms with Gasteiger partial charge in [-0.2, -0.15) is 0 Å². The lowest BCUT2D eigenvalue weighted by Crippen LogP contribution is -2.20. The average Bonchev–Trinajstić information content (AvgIpc) is 2.96. The van der Waals surface area contributed by atoms with E-state index in [-0.39, 0.29) is 0 Å². The molecule has 0 atom stereocenters. The molecule has 0 radical (unpaired) electrons. The number of anilines is 2. The molecule has 0 unspecified atom stereocenters. The molecule has 25 heavy (non-hydrogen) atoms. The number of allylic oxidation sites excluding steroid dienone is 1. The predicted molar refractivity (Wildman–Crippen MR) is 106 cm³/mol. The fourth-order valence-electron chi connectivity index (χ4n) is 2.52. The van der Waals surface area contributed by atoms with Crippen LogP contribution in [-0.4, -0.2) is 32.3 Å². The highest BCUT2D eigenvalue weighted by atomic mass is 35.5. The lowest BCUT2D eigenvalue weighted by atomic mass is 10.1. The topological polar surface area (TPSA) is 53.9 Å². The van der Waals surface area contributed by atoms with Gasteiger partial charge in [-0.3, -0.25) is 0 Å². The normalized spacial score (nSPS) is 14.5. The van der Waals surface area contributed by atoms with Crippen molar-refractivity contribution < 1.29 is 0 Å². The first kappa shape index (κ1) is 18.0. The van der Waals surface area contributed by atoms with E-state index in [1.54, 1.807) is 18.5 Å². The summed E-state index contributed by atoms with van der Waals surface area (Å²) in [5.74, 6) is 2.26. The van der Waals surface area contributed by atoms with Gasteiger partial charge in [0, 0.05) is 18.4 Å². The first-order valence-corrected chi connectivity index (χ1v) is 9.70. The zero-order valence-electron chi connectivity index (χ0n) is 14.7. The van der Waals surface area contributed by atoms with Gasteiger partial charge in [0.15, 0.2) is 0 Å². The summed E-state index contributed by atoms with van der Waals surface area (Å²) in [6.07, 6.45) is 4.65. The van der Waals surface area contributed by atoms with E-state index < -0.39 is 0 Å². The molecule has 3 heterocycles. The molecule has 2 aromatic rings. The van der Waals surface area contributed by atoms with Gasteiger partial charge in [0.05, 0.1) is 28.4 Å². The van der Waals surface area contributed by atoms with E-state index in [4.69, 9.17) is 11.6 Å². The van der Waals surface area contributed by atoms with Crippen molar-refractivity contribution in [2.75, 3.05) is 17.7 Å². The third-order valence-electron chi connectivity index (χ3n) is 4.02. The minimum Gasteiger partial charge on any atom is -0.364 e. The summed E-state index contributed by atoms with van der Waals surface area (Å²) in [5.41, 5.74) is 3.06. The Morgan fingerprint density at radius 1 is 1.28 bits per heavy atom. The molecule has 0 aliphatic carbocycles. The zero-order valence-corrected chi connectivity index (χ0v) is 16.2. The predicted octanol–water partition coefficient (Wildman–Crippen LogP) is 5.01. The van der Waals surface area contributed by atoms with Crippen LogP contribution < -0.4 is 5.32 Å². The lowest BCUT2D eigenvalue weighted by Gasteiger charge is -2.20. The number of nitrogens with zero attached hydrogens (tertiary/aromatic N) is 4. The zero-order chi connectivity index (χ0) is 17.8. The second kappa shape index (κ2) is 8.06. The number of halogens is 1. The van der Waals surface area contributed by atoms with E-state index in [0.717, 1.165) is 23.8 Å². The fraction of sp³-hybridized carbons (Fsp3) is 0.389. The minimum atomic E-state index is 0.463. The van der Waals surface area contributed by atoms with Gasteiger partial charge in [0.1, 0.15) is 5.15 Å². The third-order valence-corrected chi connectivity index (χ3v) is 5.47. The Kier molecular flexibility index (Phi) is 5.81. The number of pyridine rings is 1. The van der Waals surface area contributed by atoms with Crippen LogP contribution in [0, 0.1) is 5.92 Å². The van der Waals surface area contributed by atoms with Crippen molar-refractivity contribution in [3.8, 4) is 0 Å². The van der Waals surface area contributed by atoms with Gasteiger partial charge >= 0.3 is 0 Å². The van der Waals surface area contributed by atoms with Crippen LogP contribution in [0.3, 0.4) is 0 Å². The van der Waals surface area contributed by atoms with Crippen molar-refractivity contribution in [1.82, 2.24) is 19.9 Å². The average molecular weight is 376 g/mol. The van der Waals surface area contributed by atoms with Crippen molar-refractivity contribution in [3.63, 3.8) is 0 Å². The minimum absolute atomic E-state index is 0.463. The quantitative estimate of drug-likeness (QED) is 0.716. The van der Waals surface area contributed by atoms with Crippen molar-refractivity contribution in [2.24, 2.45) is 5.92 Å². The molecular weight excluding hydrogens is 354 g/mol. The van der Waals surface area contributed by atoms with E-state index in [1.165, 1.54) is 17.0 Å². The van der Waals surface area contributed by atoms with Gasteiger partial charge in [-0.05, 0) is 37.5 Å². The SMILES string of the molecule is CC1=C(c2ccnc(Nc3ccc(Cl)nc3)n2)SCN1CCC(C)C. The maximum Gasteiger partial charge on any atom is 0.227 e. The van der Waals surface area contributed by atoms with Crippen LogP contribution in [-0.2, 0) is 0 Å². The molecule has 132 valence electrons. The summed E-state index contributed by atoms with van der Waals surface area (Å²) >= 11 is 7.66. The summed E-state index contributed by atoms with van der Waals surface area (Å²) < 4.78 is 0. The molecule has 2 aromatic heterocycles. The molecule has 1 aliphatic rings. The van der Waals surface area contributed by atoms with Crippen LogP contribution in [0.5, 0.6) is 0 Å². The Morgan fingerprint density at radius 3 is 2.84 bits per heavy atom. The van der Waals surface area contributed by atoms with E-state index in [2.05, 4.69) is 45.9 Å². The van der Waals surface area contributed by atoms with Crippen LogP contribution in [0.25, 0.3) is 4.91 Å². The van der Waals surface area contributed by atoms with Gasteiger partial charge in [0.25, 0.3) is 0 Å². The molecule has 7 heteroatoms. The number of rotatable bonds is 6. The second-order valence-electron chi connectivity index (χ2n) is 6.39. The number of aromatic nitrogens is 3. The van der Waals surface area contributed by atoms with Crippen LogP contribution in [0.2, 0.25) is 5.15 Å². The van der Waals surface area contributed by atoms with Gasteiger partial charge in [-0.25, -0.2) is 15.0 Å². The standard InChI is InChI=1S/C18H22ClN5S/c1-12(2)7-9-24-11-25-17(13(24)3)15-6-8-20-18(23-15)22-14-4-5-16(19)21-10-14/h4-6,8,10,12H,7,9,11H2,1-3H3,(H,20,22,23). The van der Waals surface area contributed by atoms with E-state index >= 15 is 0 Å². The Bertz CT molecular complexity index is 760. The molecule has 0 spiro atoms. The highest BCUT2D eigenvalue weighted by Crippen LogP contribution is 2.38. The molecule has 0 aromatic carbocycles. The lowest BCUT2D eigenvalue weighted by molar-refractivity contribution is 0.373. The third kappa shape index (κ3) is 4.64. The number of hydrogen-bond donors (Lipinski definition) is 1. The molecule has 0 saturated carbocycles. The van der Waals surface area contributed by atoms with E-state index in [1.807, 2.05) is 23.9 Å². The summed E-state index contributed by atoms with van der Waals surface area (Å²) in [6, 6.07) is 5.55. The summed E-state index contributed by atoms with van der Waals surface area (Å²) in [7, 11) is 0. The second-order valence-corrected chi connectivity index (χ2v) is 7.74. The summed E-state index contributed by atoms with van der Waals surface area (Å²) in [5, 5.41) is 3.64. The number of thioether (sulfide) groups is 1. The van der Waals surface area contributed by atoms with Crippen molar-refractivity contribution >= 4 is 39.9 Å². The molecule has 0 fully saturated rings. The monoisotopic (exact) mass is 375 g/mol. The highest BCUT2D eigenvalue weighted by Gasteiger charge is 2.22. The van der Waals surface area contributed by atoms with Crippen molar-refractivity contribution in [3.05, 3.63) is 47.1 Å². The largest absolute Gasteiger partial charge is 0.364 e. The van der Waals surface area contributed by atoms with Gasteiger partial charge in [-0.1, -0.05) is 25.4 Å². The Balaban J connectivity index is 1.75. The Hall–Kier alpha value is -1.79. The van der Waals surface area contributed by atoms with Gasteiger partial charge in [-0.15, -0.1) is 11.8 Å². The molecule has 1 N–H and O–H groups in total. The van der Waals surface area contributed by atoms with Gasteiger partial charge < -0.3 is 10.2 Å². The number of hydrogen-bond acceptors (Lipinski definition) is 6. The smallest absolute Gasteiger partial charge is 0.227 e. The van der Waals surface area contributed by atoms with Crippen molar-refractivity contribution in [2.45, 2.75) is 27.2 Å². The van der Waals surface area contributed by atoms with E-state index in [9.17, 15) is 0 Å².